The number of ether oxygens (including phenoxy) is 3. The van der Waals surface area contributed by atoms with E-state index in [4.69, 9.17) is 14.2 Å². The summed E-state index contributed by atoms with van der Waals surface area (Å²) < 4.78 is 17.4. The minimum Gasteiger partial charge on any atom is -0.497 e. The average molecular weight is 448 g/mol. The number of aromatic nitrogens is 2. The lowest BCUT2D eigenvalue weighted by molar-refractivity contribution is -0.113. The lowest BCUT2D eigenvalue weighted by Crippen LogP contribution is -2.13. The molecule has 0 unspecified atom stereocenters. The summed E-state index contributed by atoms with van der Waals surface area (Å²) in [5, 5.41) is 11.2. The highest BCUT2D eigenvalue weighted by Gasteiger charge is 2.15. The van der Waals surface area contributed by atoms with Crippen molar-refractivity contribution in [1.82, 2.24) is 10.2 Å². The molecule has 0 spiro atoms. The Morgan fingerprint density at radius 2 is 1.86 bits per heavy atom. The predicted molar refractivity (Wildman–Crippen MR) is 114 cm³/mol. The summed E-state index contributed by atoms with van der Waals surface area (Å²) in [6, 6.07) is 13.3. The van der Waals surface area contributed by atoms with Crippen LogP contribution in [0.1, 0.15) is 5.56 Å². The van der Waals surface area contributed by atoms with Crippen LogP contribution in [0.3, 0.4) is 0 Å². The Hall–Kier alpha value is -2.43. The summed E-state index contributed by atoms with van der Waals surface area (Å²) in [5.41, 5.74) is 1.86. The molecule has 1 aliphatic rings. The van der Waals surface area contributed by atoms with Gasteiger partial charge in [-0.2, -0.15) is 0 Å². The Bertz CT molecular complexity index is 995. The minimum absolute atomic E-state index is 0.114. The summed E-state index contributed by atoms with van der Waals surface area (Å²) in [4.78, 5) is 12.2. The number of anilines is 1. The Morgan fingerprint density at radius 3 is 2.66 bits per heavy atom. The molecular formula is C19H17N3O4S3. The lowest BCUT2D eigenvalue weighted by atomic mass is 10.2. The first-order valence-electron chi connectivity index (χ1n) is 8.61. The number of hydrogen-bond donors (Lipinski definition) is 1. The highest BCUT2D eigenvalue weighted by atomic mass is 32.2. The van der Waals surface area contributed by atoms with Crippen molar-refractivity contribution >= 4 is 46.5 Å². The van der Waals surface area contributed by atoms with Gasteiger partial charge in [-0.3, -0.25) is 4.79 Å². The van der Waals surface area contributed by atoms with Gasteiger partial charge in [0.05, 0.1) is 12.9 Å². The molecule has 0 saturated heterocycles. The molecular weight excluding hydrogens is 430 g/mol. The molecule has 150 valence electrons. The van der Waals surface area contributed by atoms with E-state index < -0.39 is 0 Å². The van der Waals surface area contributed by atoms with Gasteiger partial charge >= 0.3 is 0 Å². The Morgan fingerprint density at radius 1 is 1.10 bits per heavy atom. The summed E-state index contributed by atoms with van der Waals surface area (Å²) in [5.74, 6) is 3.10. The molecule has 0 fully saturated rings. The Kier molecular flexibility index (Phi) is 6.43. The van der Waals surface area contributed by atoms with Crippen LogP contribution in [0.15, 0.2) is 51.1 Å². The molecule has 7 nitrogen and oxygen atoms in total. The van der Waals surface area contributed by atoms with Gasteiger partial charge in [-0.1, -0.05) is 47.0 Å². The highest BCUT2D eigenvalue weighted by molar-refractivity contribution is 8.03. The van der Waals surface area contributed by atoms with Crippen molar-refractivity contribution in [2.45, 2.75) is 14.4 Å². The number of benzene rings is 2. The second-order valence-corrected chi connectivity index (χ2v) is 9.30. The molecule has 1 aromatic heterocycles. The Labute approximate surface area is 180 Å². The van der Waals surface area contributed by atoms with E-state index in [9.17, 15) is 4.79 Å². The number of hydrogen-bond acceptors (Lipinski definition) is 9. The normalized spacial score (nSPS) is 12.0. The van der Waals surface area contributed by atoms with Crippen LogP contribution in [0.4, 0.5) is 5.69 Å². The van der Waals surface area contributed by atoms with E-state index in [0.29, 0.717) is 17.2 Å². The second-order valence-electron chi connectivity index (χ2n) is 5.88. The van der Waals surface area contributed by atoms with Gasteiger partial charge in [-0.15, -0.1) is 10.2 Å². The van der Waals surface area contributed by atoms with E-state index in [-0.39, 0.29) is 18.5 Å². The number of nitrogens with one attached hydrogen (secondary N) is 1. The average Bonchev–Trinajstić information content (AvgIpc) is 3.40. The first-order chi connectivity index (χ1) is 14.2. The molecule has 1 amide bonds. The van der Waals surface area contributed by atoms with Crippen molar-refractivity contribution in [2.24, 2.45) is 0 Å². The third kappa shape index (κ3) is 5.34. The van der Waals surface area contributed by atoms with Gasteiger partial charge in [-0.25, -0.2) is 0 Å². The van der Waals surface area contributed by atoms with Crippen LogP contribution in [0.2, 0.25) is 0 Å². The maximum atomic E-state index is 12.2. The molecule has 0 saturated carbocycles. The number of carbonyl (C=O) groups excluding carboxylic acids is 1. The molecule has 0 radical (unpaired) electrons. The standard InChI is InChI=1S/C19H17N3O4S3/c1-24-14-5-2-12(3-6-14)9-27-18-21-22-19(29-18)28-10-17(23)20-13-4-7-15-16(8-13)26-11-25-15/h2-8H,9-11H2,1H3,(H,20,23). The maximum Gasteiger partial charge on any atom is 0.234 e. The van der Waals surface area contributed by atoms with Gasteiger partial charge < -0.3 is 19.5 Å². The number of nitrogens with zero attached hydrogens (tertiary/aromatic N) is 2. The fourth-order valence-electron chi connectivity index (χ4n) is 2.48. The molecule has 0 atom stereocenters. The van der Waals surface area contributed by atoms with Crippen LogP contribution in [0.25, 0.3) is 0 Å². The quantitative estimate of drug-likeness (QED) is 0.512. The third-order valence-electron chi connectivity index (χ3n) is 3.89. The molecule has 0 aliphatic carbocycles. The molecule has 1 N–H and O–H groups in total. The summed E-state index contributed by atoms with van der Waals surface area (Å²) in [6.07, 6.45) is 0. The maximum absolute atomic E-state index is 12.2. The van der Waals surface area contributed by atoms with Crippen LogP contribution in [0, 0.1) is 0 Å². The molecule has 2 heterocycles. The lowest BCUT2D eigenvalue weighted by Gasteiger charge is -2.05. The van der Waals surface area contributed by atoms with Crippen molar-refractivity contribution < 1.29 is 19.0 Å². The SMILES string of the molecule is COc1ccc(CSc2nnc(SCC(=O)Nc3ccc4c(c3)OCO4)s2)cc1. The third-order valence-corrected chi connectivity index (χ3v) is 7.15. The molecule has 2 aromatic carbocycles. The fraction of sp³-hybridized carbons (Fsp3) is 0.211. The van der Waals surface area contributed by atoms with Gasteiger partial charge in [0, 0.05) is 17.5 Å². The molecule has 3 aromatic rings. The zero-order chi connectivity index (χ0) is 20.1. The summed E-state index contributed by atoms with van der Waals surface area (Å²) in [7, 11) is 1.65. The van der Waals surface area contributed by atoms with Crippen molar-refractivity contribution in [1.29, 1.82) is 0 Å². The largest absolute Gasteiger partial charge is 0.497 e. The molecule has 0 bridgehead atoms. The zero-order valence-corrected chi connectivity index (χ0v) is 17.9. The van der Waals surface area contributed by atoms with Gasteiger partial charge in [0.2, 0.25) is 12.7 Å². The molecule has 1 aliphatic heterocycles. The summed E-state index contributed by atoms with van der Waals surface area (Å²) >= 11 is 4.48. The van der Waals surface area contributed by atoms with E-state index in [1.807, 2.05) is 24.3 Å². The van der Waals surface area contributed by atoms with Crippen LogP contribution in [-0.4, -0.2) is 35.8 Å². The first kappa shape index (κ1) is 19.9. The number of rotatable bonds is 8. The van der Waals surface area contributed by atoms with Crippen LogP contribution in [0.5, 0.6) is 17.2 Å². The topological polar surface area (TPSA) is 82.6 Å². The Balaban J connectivity index is 1.24. The van der Waals surface area contributed by atoms with Crippen molar-refractivity contribution in [3.05, 3.63) is 48.0 Å². The number of methoxy groups -OCH3 is 1. The smallest absolute Gasteiger partial charge is 0.234 e. The number of carbonyl (C=O) groups is 1. The minimum atomic E-state index is -0.114. The van der Waals surface area contributed by atoms with Gasteiger partial charge in [0.25, 0.3) is 0 Å². The van der Waals surface area contributed by atoms with Crippen LogP contribution >= 0.6 is 34.9 Å². The van der Waals surface area contributed by atoms with E-state index >= 15 is 0 Å². The van der Waals surface area contributed by atoms with Crippen LogP contribution < -0.4 is 19.5 Å². The van der Waals surface area contributed by atoms with Gasteiger partial charge in [-0.05, 0) is 29.8 Å². The van der Waals surface area contributed by atoms with E-state index in [2.05, 4.69) is 15.5 Å². The number of thioether (sulfide) groups is 2. The molecule has 10 heteroatoms. The van der Waals surface area contributed by atoms with Crippen molar-refractivity contribution in [3.63, 3.8) is 0 Å². The highest BCUT2D eigenvalue weighted by Crippen LogP contribution is 2.34. The van der Waals surface area contributed by atoms with Crippen molar-refractivity contribution in [3.8, 4) is 17.2 Å². The van der Waals surface area contributed by atoms with E-state index in [1.54, 1.807) is 37.1 Å². The second kappa shape index (κ2) is 9.38. The van der Waals surface area contributed by atoms with Gasteiger partial charge in [0.15, 0.2) is 20.2 Å². The molecule has 29 heavy (non-hydrogen) atoms. The number of amides is 1. The zero-order valence-electron chi connectivity index (χ0n) is 15.4. The molecule has 4 rings (SSSR count). The number of fused-ring (bicyclic) bond motifs is 1. The first-order valence-corrected chi connectivity index (χ1v) is 11.4. The predicted octanol–water partition coefficient (Wildman–Crippen LogP) is 4.30. The van der Waals surface area contributed by atoms with Crippen LogP contribution in [-0.2, 0) is 10.5 Å². The summed E-state index contributed by atoms with van der Waals surface area (Å²) in [6.45, 7) is 0.207. The monoisotopic (exact) mass is 447 g/mol. The van der Waals surface area contributed by atoms with Crippen molar-refractivity contribution in [2.75, 3.05) is 25.0 Å². The fourth-order valence-corrected chi connectivity index (χ4v) is 5.26. The van der Waals surface area contributed by atoms with E-state index in [1.165, 1.54) is 28.7 Å². The van der Waals surface area contributed by atoms with Gasteiger partial charge in [0.1, 0.15) is 5.75 Å². The van der Waals surface area contributed by atoms with E-state index in [0.717, 1.165) is 20.2 Å².